The number of nitrogens with zero attached hydrogens (tertiary/aromatic N) is 1. The van der Waals surface area contributed by atoms with Crippen LogP contribution in [0.15, 0.2) is 18.2 Å². The summed E-state index contributed by atoms with van der Waals surface area (Å²) in [4.78, 5) is 14.1. The van der Waals surface area contributed by atoms with Crippen LogP contribution in [0.25, 0.3) is 0 Å². The van der Waals surface area contributed by atoms with Crippen LogP contribution >= 0.6 is 11.6 Å². The summed E-state index contributed by atoms with van der Waals surface area (Å²) in [5, 5.41) is 0. The molecule has 0 atom stereocenters. The molecule has 0 aromatic heterocycles. The van der Waals surface area contributed by atoms with E-state index in [2.05, 4.69) is 0 Å². The van der Waals surface area contributed by atoms with E-state index in [-0.39, 0.29) is 30.5 Å². The average Bonchev–Trinajstić information content (AvgIpc) is 2.65. The van der Waals surface area contributed by atoms with Crippen molar-refractivity contribution in [1.82, 2.24) is 0 Å². The van der Waals surface area contributed by atoms with Crippen LogP contribution in [-0.2, 0) is 19.0 Å². The average molecular weight is 490 g/mol. The fraction of sp³-hybridized carbons (Fsp3) is 0.682. The number of hydrogen-bond acceptors (Lipinski definition) is 7. The molecule has 5 rings (SSSR count). The molecule has 0 saturated heterocycles. The van der Waals surface area contributed by atoms with Crippen molar-refractivity contribution < 1.29 is 31.3 Å². The minimum Gasteiger partial charge on any atom is -0.427 e. The second-order valence-electron chi connectivity index (χ2n) is 9.37. The van der Waals surface area contributed by atoms with Crippen LogP contribution in [0.2, 0.25) is 0 Å². The summed E-state index contributed by atoms with van der Waals surface area (Å²) >= 11 is 5.81. The van der Waals surface area contributed by atoms with Gasteiger partial charge in [-0.3, -0.25) is 4.18 Å². The minimum absolute atomic E-state index is 0.0548. The van der Waals surface area contributed by atoms with E-state index in [9.17, 15) is 17.6 Å². The van der Waals surface area contributed by atoms with Crippen LogP contribution in [0.3, 0.4) is 0 Å². The highest BCUT2D eigenvalue weighted by atomic mass is 35.5. The lowest BCUT2D eigenvalue weighted by Crippen LogP contribution is -2.53. The SMILES string of the molecule is CS(=O)(=O)OCCN(CCCl)c1ccc(OC(=O)OC23CC4CC(CC(C4)C2)C3)cc1F. The Hall–Kier alpha value is -1.58. The molecule has 0 amide bonds. The van der Waals surface area contributed by atoms with E-state index in [1.807, 2.05) is 0 Å². The maximum absolute atomic E-state index is 14.8. The Labute approximate surface area is 193 Å². The van der Waals surface area contributed by atoms with Crippen LogP contribution in [0.4, 0.5) is 14.9 Å². The van der Waals surface area contributed by atoms with Gasteiger partial charge >= 0.3 is 6.16 Å². The lowest BCUT2D eigenvalue weighted by molar-refractivity contribution is -0.135. The number of rotatable bonds is 9. The maximum atomic E-state index is 14.8. The van der Waals surface area contributed by atoms with E-state index in [4.69, 9.17) is 25.3 Å². The molecule has 0 spiro atoms. The molecule has 4 aliphatic rings. The van der Waals surface area contributed by atoms with E-state index in [0.29, 0.717) is 24.3 Å². The predicted octanol–water partition coefficient (Wildman–Crippen LogP) is 4.33. The number of benzene rings is 1. The molecule has 4 saturated carbocycles. The molecule has 7 nitrogen and oxygen atoms in total. The number of hydrogen-bond donors (Lipinski definition) is 0. The van der Waals surface area contributed by atoms with Gasteiger partial charge in [0.25, 0.3) is 10.1 Å². The minimum atomic E-state index is -3.59. The quantitative estimate of drug-likeness (QED) is 0.221. The Morgan fingerprint density at radius 2 is 1.78 bits per heavy atom. The second kappa shape index (κ2) is 9.35. The van der Waals surface area contributed by atoms with Gasteiger partial charge in [0.15, 0.2) is 0 Å². The summed E-state index contributed by atoms with van der Waals surface area (Å²) in [6.45, 7) is 0.287. The zero-order chi connectivity index (χ0) is 22.9. The van der Waals surface area contributed by atoms with Crippen molar-refractivity contribution in [3.63, 3.8) is 0 Å². The van der Waals surface area contributed by atoms with Crippen LogP contribution in [0, 0.1) is 23.6 Å². The number of alkyl halides is 1. The summed E-state index contributed by atoms with van der Waals surface area (Å²) in [6, 6.07) is 4.07. The van der Waals surface area contributed by atoms with Gasteiger partial charge in [0.2, 0.25) is 0 Å². The van der Waals surface area contributed by atoms with Crippen molar-refractivity contribution in [2.75, 3.05) is 36.7 Å². The summed E-state index contributed by atoms with van der Waals surface area (Å²) in [6.07, 6.45) is 6.54. The third-order valence-electron chi connectivity index (χ3n) is 6.76. The number of halogens is 2. The van der Waals surface area contributed by atoms with Gasteiger partial charge in [-0.2, -0.15) is 8.42 Å². The Morgan fingerprint density at radius 1 is 1.16 bits per heavy atom. The second-order valence-corrected chi connectivity index (χ2v) is 11.4. The first kappa shape index (κ1) is 23.6. The van der Waals surface area contributed by atoms with Crippen LogP contribution in [0.1, 0.15) is 38.5 Å². The van der Waals surface area contributed by atoms with Crippen molar-refractivity contribution in [3.05, 3.63) is 24.0 Å². The van der Waals surface area contributed by atoms with Crippen LogP contribution in [-0.4, -0.2) is 52.0 Å². The largest absolute Gasteiger partial charge is 0.514 e. The first-order valence-electron chi connectivity index (χ1n) is 11.0. The normalized spacial score (nSPS) is 28.5. The molecule has 4 aliphatic carbocycles. The zero-order valence-electron chi connectivity index (χ0n) is 18.1. The Morgan fingerprint density at radius 3 is 2.31 bits per heavy atom. The van der Waals surface area contributed by atoms with Gasteiger partial charge in [-0.15, -0.1) is 11.6 Å². The van der Waals surface area contributed by atoms with E-state index in [1.54, 1.807) is 4.90 Å². The fourth-order valence-corrected chi connectivity index (χ4v) is 6.59. The molecule has 4 fully saturated rings. The fourth-order valence-electron chi connectivity index (χ4n) is 6.01. The van der Waals surface area contributed by atoms with E-state index < -0.39 is 27.7 Å². The van der Waals surface area contributed by atoms with Crippen LogP contribution < -0.4 is 9.64 Å². The molecule has 0 N–H and O–H groups in total. The standard InChI is InChI=1S/C22H29ClFNO6S/c1-32(27,28)29-7-6-25(5-4-23)20-3-2-18(11-19(20)24)30-21(26)31-22-12-15-8-16(13-22)10-17(9-15)14-22/h2-3,11,15-17H,4-10,12-14H2,1H3. The molecule has 178 valence electrons. The topological polar surface area (TPSA) is 82.1 Å². The summed E-state index contributed by atoms with van der Waals surface area (Å²) in [5.74, 6) is 1.54. The molecule has 1 aromatic carbocycles. The highest BCUT2D eigenvalue weighted by Gasteiger charge is 2.53. The monoisotopic (exact) mass is 489 g/mol. The molecule has 0 unspecified atom stereocenters. The molecular formula is C22H29ClFNO6S. The maximum Gasteiger partial charge on any atom is 0.514 e. The van der Waals surface area contributed by atoms with Crippen LogP contribution in [0.5, 0.6) is 5.75 Å². The van der Waals surface area contributed by atoms with Gasteiger partial charge in [-0.25, -0.2) is 9.18 Å². The van der Waals surface area contributed by atoms with Gasteiger partial charge in [-0.05, 0) is 68.4 Å². The first-order valence-corrected chi connectivity index (χ1v) is 13.4. The van der Waals surface area contributed by atoms with Gasteiger partial charge in [-0.1, -0.05) is 0 Å². The summed E-state index contributed by atoms with van der Waals surface area (Å²) in [5.41, 5.74) is -0.217. The number of carbonyl (C=O) groups excluding carboxylic acids is 1. The molecule has 32 heavy (non-hydrogen) atoms. The molecule has 4 bridgehead atoms. The summed E-state index contributed by atoms with van der Waals surface area (Å²) < 4.78 is 52.9. The molecular weight excluding hydrogens is 461 g/mol. The van der Waals surface area contributed by atoms with Gasteiger partial charge < -0.3 is 14.4 Å². The molecule has 10 heteroatoms. The Balaban J connectivity index is 1.37. The van der Waals surface area contributed by atoms with Crippen molar-refractivity contribution in [2.45, 2.75) is 44.1 Å². The smallest absolute Gasteiger partial charge is 0.427 e. The van der Waals surface area contributed by atoms with E-state index >= 15 is 0 Å². The summed E-state index contributed by atoms with van der Waals surface area (Å²) in [7, 11) is -3.59. The van der Waals surface area contributed by atoms with Gasteiger partial charge in [0.1, 0.15) is 17.2 Å². The Bertz CT molecular complexity index is 920. The van der Waals surface area contributed by atoms with Gasteiger partial charge in [0.05, 0.1) is 18.6 Å². The third kappa shape index (κ3) is 5.66. The molecule has 1 aromatic rings. The van der Waals surface area contributed by atoms with Crippen molar-refractivity contribution in [3.8, 4) is 5.75 Å². The van der Waals surface area contributed by atoms with Gasteiger partial charge in [0, 0.05) is 25.0 Å². The van der Waals surface area contributed by atoms with Crippen molar-refractivity contribution >= 4 is 33.6 Å². The molecule has 0 radical (unpaired) electrons. The highest BCUT2D eigenvalue weighted by Crippen LogP contribution is 2.57. The number of ether oxygens (including phenoxy) is 2. The van der Waals surface area contributed by atoms with E-state index in [0.717, 1.165) is 31.6 Å². The lowest BCUT2D eigenvalue weighted by atomic mass is 9.54. The number of anilines is 1. The highest BCUT2D eigenvalue weighted by molar-refractivity contribution is 7.85. The molecule has 0 aliphatic heterocycles. The number of carbonyl (C=O) groups is 1. The Kier molecular flexibility index (Phi) is 6.89. The van der Waals surface area contributed by atoms with E-state index in [1.165, 1.54) is 31.4 Å². The van der Waals surface area contributed by atoms with Crippen molar-refractivity contribution in [2.24, 2.45) is 17.8 Å². The zero-order valence-corrected chi connectivity index (χ0v) is 19.7. The lowest BCUT2D eigenvalue weighted by Gasteiger charge is -2.55. The first-order chi connectivity index (χ1) is 15.1. The third-order valence-corrected chi connectivity index (χ3v) is 7.52. The predicted molar refractivity (Wildman–Crippen MR) is 118 cm³/mol. The molecule has 0 heterocycles. The van der Waals surface area contributed by atoms with Crippen molar-refractivity contribution in [1.29, 1.82) is 0 Å².